The van der Waals surface area contributed by atoms with Crippen molar-refractivity contribution in [2.75, 3.05) is 6.61 Å². The first-order valence-electron chi connectivity index (χ1n) is 5.51. The molecule has 3 nitrogen and oxygen atoms in total. The van der Waals surface area contributed by atoms with E-state index in [4.69, 9.17) is 9.47 Å². The molecule has 0 amide bonds. The highest BCUT2D eigenvalue weighted by Gasteiger charge is 2.41. The summed E-state index contributed by atoms with van der Waals surface area (Å²) in [4.78, 5) is 10.8. The van der Waals surface area contributed by atoms with Gasteiger partial charge < -0.3 is 9.47 Å². The summed E-state index contributed by atoms with van der Waals surface area (Å²) in [5.74, 6) is -0.198. The van der Waals surface area contributed by atoms with Crippen molar-refractivity contribution in [1.29, 1.82) is 0 Å². The zero-order valence-electron chi connectivity index (χ0n) is 8.75. The highest BCUT2D eigenvalue weighted by atomic mass is 16.6. The summed E-state index contributed by atoms with van der Waals surface area (Å²) >= 11 is 0. The highest BCUT2D eigenvalue weighted by molar-refractivity contribution is 5.65. The van der Waals surface area contributed by atoms with E-state index in [0.29, 0.717) is 12.7 Å². The fourth-order valence-electron chi connectivity index (χ4n) is 2.57. The molecule has 2 aliphatic rings. The summed E-state index contributed by atoms with van der Waals surface area (Å²) in [5.41, 5.74) is -0.132. The molecule has 0 atom stereocenters. The van der Waals surface area contributed by atoms with Crippen molar-refractivity contribution < 1.29 is 14.3 Å². The molecule has 14 heavy (non-hydrogen) atoms. The number of carbonyl (C=O) groups excluding carboxylic acids is 1. The maximum absolute atomic E-state index is 10.8. The van der Waals surface area contributed by atoms with Crippen LogP contribution < -0.4 is 0 Å². The Morgan fingerprint density at radius 2 is 2.07 bits per heavy atom. The number of carbonyl (C=O) groups is 1. The van der Waals surface area contributed by atoms with Crippen LogP contribution in [0, 0.1) is 0 Å². The van der Waals surface area contributed by atoms with Crippen LogP contribution >= 0.6 is 0 Å². The van der Waals surface area contributed by atoms with Crippen LogP contribution in [0.2, 0.25) is 0 Å². The Kier molecular flexibility index (Phi) is 2.77. The monoisotopic (exact) mass is 198 g/mol. The van der Waals surface area contributed by atoms with E-state index in [0.717, 1.165) is 12.8 Å². The second-order valence-corrected chi connectivity index (χ2v) is 4.49. The Balaban J connectivity index is 1.94. The molecule has 0 saturated carbocycles. The van der Waals surface area contributed by atoms with E-state index in [9.17, 15) is 4.79 Å². The normalized spacial score (nSPS) is 36.5. The van der Waals surface area contributed by atoms with E-state index >= 15 is 0 Å². The van der Waals surface area contributed by atoms with Gasteiger partial charge in [0.15, 0.2) is 0 Å². The average molecular weight is 198 g/mol. The molecule has 2 fully saturated rings. The molecule has 0 N–H and O–H groups in total. The van der Waals surface area contributed by atoms with Crippen molar-refractivity contribution in [2.24, 2.45) is 0 Å². The molecule has 2 aliphatic heterocycles. The van der Waals surface area contributed by atoms with Crippen LogP contribution in [0.3, 0.4) is 0 Å². The van der Waals surface area contributed by atoms with Crippen LogP contribution in [0.4, 0.5) is 0 Å². The van der Waals surface area contributed by atoms with E-state index in [2.05, 4.69) is 0 Å². The third kappa shape index (κ3) is 2.08. The van der Waals surface area contributed by atoms with Crippen LogP contribution in [-0.2, 0) is 14.3 Å². The Morgan fingerprint density at radius 1 is 1.43 bits per heavy atom. The minimum atomic E-state index is -0.198. The van der Waals surface area contributed by atoms with E-state index < -0.39 is 0 Å². The SMILES string of the molecule is CC(=O)OCC12CCCC(CCC1)O2. The lowest BCUT2D eigenvalue weighted by atomic mass is 9.82. The van der Waals surface area contributed by atoms with Gasteiger partial charge in [0.05, 0.1) is 6.10 Å². The van der Waals surface area contributed by atoms with Gasteiger partial charge in [0.2, 0.25) is 0 Å². The summed E-state index contributed by atoms with van der Waals surface area (Å²) in [6.45, 7) is 1.92. The zero-order chi connectivity index (χ0) is 10.0. The fraction of sp³-hybridized carbons (Fsp3) is 0.909. The molecule has 2 heterocycles. The minimum Gasteiger partial charge on any atom is -0.463 e. The lowest BCUT2D eigenvalue weighted by Crippen LogP contribution is -2.47. The Morgan fingerprint density at radius 3 is 2.64 bits per heavy atom. The summed E-state index contributed by atoms with van der Waals surface area (Å²) in [6.07, 6.45) is 7.32. The highest BCUT2D eigenvalue weighted by Crippen LogP contribution is 2.39. The van der Waals surface area contributed by atoms with E-state index in [-0.39, 0.29) is 11.6 Å². The van der Waals surface area contributed by atoms with Gasteiger partial charge in [0, 0.05) is 6.92 Å². The molecule has 0 unspecified atom stereocenters. The van der Waals surface area contributed by atoms with Crippen LogP contribution in [0.15, 0.2) is 0 Å². The van der Waals surface area contributed by atoms with E-state index in [1.165, 1.54) is 32.6 Å². The van der Waals surface area contributed by atoms with Gasteiger partial charge in [-0.1, -0.05) is 0 Å². The quantitative estimate of drug-likeness (QED) is 0.637. The van der Waals surface area contributed by atoms with Gasteiger partial charge in [0.1, 0.15) is 12.2 Å². The van der Waals surface area contributed by atoms with Crippen LogP contribution in [0.25, 0.3) is 0 Å². The molecule has 3 heteroatoms. The zero-order valence-corrected chi connectivity index (χ0v) is 8.75. The standard InChI is InChI=1S/C11H18O3/c1-9(12)13-8-11-6-2-4-10(14-11)5-3-7-11/h10H,2-8H2,1H3. The third-order valence-corrected chi connectivity index (χ3v) is 3.27. The van der Waals surface area contributed by atoms with Gasteiger partial charge in [-0.15, -0.1) is 0 Å². The van der Waals surface area contributed by atoms with Crippen molar-refractivity contribution in [1.82, 2.24) is 0 Å². The summed E-state index contributed by atoms with van der Waals surface area (Å²) in [5, 5.41) is 0. The average Bonchev–Trinajstić information content (AvgIpc) is 2.15. The predicted octanol–water partition coefficient (Wildman–Crippen LogP) is 2.04. The Hall–Kier alpha value is -0.570. The first-order chi connectivity index (χ1) is 6.70. The lowest BCUT2D eigenvalue weighted by molar-refractivity contribution is -0.191. The molecule has 0 spiro atoms. The number of hydrogen-bond acceptors (Lipinski definition) is 3. The number of ether oxygens (including phenoxy) is 2. The number of fused-ring (bicyclic) bond motifs is 2. The van der Waals surface area contributed by atoms with Crippen molar-refractivity contribution in [3.05, 3.63) is 0 Å². The smallest absolute Gasteiger partial charge is 0.302 e. The molecule has 0 aromatic heterocycles. The second-order valence-electron chi connectivity index (χ2n) is 4.49. The molecule has 0 aliphatic carbocycles. The Labute approximate surface area is 84.8 Å². The first kappa shape index (κ1) is 9.97. The van der Waals surface area contributed by atoms with Crippen LogP contribution in [0.1, 0.15) is 45.4 Å². The molecular weight excluding hydrogens is 180 g/mol. The van der Waals surface area contributed by atoms with Gasteiger partial charge in [-0.3, -0.25) is 4.79 Å². The summed E-state index contributed by atoms with van der Waals surface area (Å²) < 4.78 is 11.1. The van der Waals surface area contributed by atoms with Crippen LogP contribution in [-0.4, -0.2) is 24.3 Å². The van der Waals surface area contributed by atoms with E-state index in [1.54, 1.807) is 0 Å². The molecule has 0 aromatic rings. The van der Waals surface area contributed by atoms with Crippen molar-refractivity contribution >= 4 is 5.97 Å². The Bertz CT molecular complexity index is 215. The van der Waals surface area contributed by atoms with Gasteiger partial charge in [-0.25, -0.2) is 0 Å². The maximum Gasteiger partial charge on any atom is 0.302 e. The predicted molar refractivity (Wildman–Crippen MR) is 51.9 cm³/mol. The largest absolute Gasteiger partial charge is 0.463 e. The molecule has 2 saturated heterocycles. The first-order valence-corrected chi connectivity index (χ1v) is 5.51. The fourth-order valence-corrected chi connectivity index (χ4v) is 2.57. The molecule has 2 bridgehead atoms. The minimum absolute atomic E-state index is 0.132. The topological polar surface area (TPSA) is 35.5 Å². The number of rotatable bonds is 2. The summed E-state index contributed by atoms with van der Waals surface area (Å²) in [6, 6.07) is 0. The molecule has 0 radical (unpaired) electrons. The molecule has 80 valence electrons. The van der Waals surface area contributed by atoms with Crippen molar-refractivity contribution in [3.8, 4) is 0 Å². The van der Waals surface area contributed by atoms with Crippen molar-refractivity contribution in [2.45, 2.75) is 57.2 Å². The number of hydrogen-bond donors (Lipinski definition) is 0. The van der Waals surface area contributed by atoms with Gasteiger partial charge in [-0.2, -0.15) is 0 Å². The van der Waals surface area contributed by atoms with Crippen LogP contribution in [0.5, 0.6) is 0 Å². The molecule has 2 rings (SSSR count). The van der Waals surface area contributed by atoms with Gasteiger partial charge in [0.25, 0.3) is 0 Å². The molecular formula is C11H18O3. The van der Waals surface area contributed by atoms with E-state index in [1.807, 2.05) is 0 Å². The third-order valence-electron chi connectivity index (χ3n) is 3.27. The van der Waals surface area contributed by atoms with Gasteiger partial charge in [-0.05, 0) is 38.5 Å². The summed E-state index contributed by atoms with van der Waals surface area (Å²) in [7, 11) is 0. The van der Waals surface area contributed by atoms with Gasteiger partial charge >= 0.3 is 5.97 Å². The second kappa shape index (κ2) is 3.89. The molecule has 0 aromatic carbocycles. The maximum atomic E-state index is 10.8. The number of esters is 1. The lowest BCUT2D eigenvalue weighted by Gasteiger charge is -2.44. The van der Waals surface area contributed by atoms with Crippen molar-refractivity contribution in [3.63, 3.8) is 0 Å².